The van der Waals surface area contributed by atoms with E-state index < -0.39 is 0 Å². The molecule has 0 aliphatic heterocycles. The van der Waals surface area contributed by atoms with Gasteiger partial charge in [0.05, 0.1) is 6.10 Å². The van der Waals surface area contributed by atoms with Gasteiger partial charge in [0.15, 0.2) is 0 Å². The highest BCUT2D eigenvalue weighted by Crippen LogP contribution is 2.14. The molecule has 3 heteroatoms. The molecule has 90 valence electrons. The molecule has 0 saturated carbocycles. The normalized spacial score (nSPS) is 12.8. The third-order valence-electron chi connectivity index (χ3n) is 2.31. The van der Waals surface area contributed by atoms with E-state index in [0.29, 0.717) is 5.92 Å². The molecule has 0 aliphatic carbocycles. The van der Waals surface area contributed by atoms with Gasteiger partial charge in [-0.1, -0.05) is 13.8 Å². The molecule has 0 bridgehead atoms. The third kappa shape index (κ3) is 4.62. The number of nitrogens with one attached hydrogen (secondary N) is 1. The van der Waals surface area contributed by atoms with Gasteiger partial charge in [-0.25, -0.2) is 4.98 Å². The van der Waals surface area contributed by atoms with E-state index in [9.17, 15) is 0 Å². The van der Waals surface area contributed by atoms with Crippen LogP contribution in [-0.4, -0.2) is 18.1 Å². The number of nitrogens with zero attached hydrogens (tertiary/aromatic N) is 1. The van der Waals surface area contributed by atoms with Gasteiger partial charge < -0.3 is 10.1 Å². The van der Waals surface area contributed by atoms with Crippen LogP contribution in [0.2, 0.25) is 0 Å². The average molecular weight is 222 g/mol. The van der Waals surface area contributed by atoms with Gasteiger partial charge in [0.1, 0.15) is 0 Å². The lowest BCUT2D eigenvalue weighted by Crippen LogP contribution is -2.15. The molecule has 0 amide bonds. The van der Waals surface area contributed by atoms with Crippen molar-refractivity contribution < 1.29 is 4.74 Å². The van der Waals surface area contributed by atoms with Crippen molar-refractivity contribution >= 4 is 0 Å². The van der Waals surface area contributed by atoms with Crippen LogP contribution in [0.25, 0.3) is 0 Å². The van der Waals surface area contributed by atoms with Gasteiger partial charge in [0.25, 0.3) is 0 Å². The van der Waals surface area contributed by atoms with Gasteiger partial charge >= 0.3 is 0 Å². The first-order valence-corrected chi connectivity index (χ1v) is 5.88. The summed E-state index contributed by atoms with van der Waals surface area (Å²) in [5, 5.41) is 3.11. The quantitative estimate of drug-likeness (QED) is 0.803. The van der Waals surface area contributed by atoms with E-state index >= 15 is 0 Å². The summed E-state index contributed by atoms with van der Waals surface area (Å²) in [6, 6.07) is 3.99. The van der Waals surface area contributed by atoms with Crippen molar-refractivity contribution in [1.82, 2.24) is 10.3 Å². The largest absolute Gasteiger partial charge is 0.475 e. The van der Waals surface area contributed by atoms with Gasteiger partial charge in [-0.2, -0.15) is 0 Å². The highest BCUT2D eigenvalue weighted by molar-refractivity contribution is 5.20. The Kier molecular flexibility index (Phi) is 5.26. The topological polar surface area (TPSA) is 34.2 Å². The van der Waals surface area contributed by atoms with E-state index in [-0.39, 0.29) is 6.10 Å². The Balaban J connectivity index is 2.55. The molecule has 0 aromatic carbocycles. The van der Waals surface area contributed by atoms with Crippen LogP contribution >= 0.6 is 0 Å². The van der Waals surface area contributed by atoms with Crippen molar-refractivity contribution in [3.05, 3.63) is 23.9 Å². The Bertz CT molecular complexity index is 313. The summed E-state index contributed by atoms with van der Waals surface area (Å²) < 4.78 is 5.77. The first kappa shape index (κ1) is 13.0. The van der Waals surface area contributed by atoms with Crippen molar-refractivity contribution in [2.75, 3.05) is 7.05 Å². The molecular weight excluding hydrogens is 200 g/mol. The lowest BCUT2D eigenvalue weighted by Gasteiger charge is -2.16. The Morgan fingerprint density at radius 1 is 1.38 bits per heavy atom. The zero-order valence-corrected chi connectivity index (χ0v) is 10.7. The number of rotatable bonds is 6. The van der Waals surface area contributed by atoms with Crippen molar-refractivity contribution in [2.45, 2.75) is 39.8 Å². The lowest BCUT2D eigenvalue weighted by atomic mass is 10.1. The molecule has 1 rings (SSSR count). The summed E-state index contributed by atoms with van der Waals surface area (Å²) in [5.41, 5.74) is 1.20. The molecule has 1 aromatic heterocycles. The minimum atomic E-state index is 0.220. The number of pyridine rings is 1. The second kappa shape index (κ2) is 6.48. The molecule has 16 heavy (non-hydrogen) atoms. The highest BCUT2D eigenvalue weighted by Gasteiger charge is 2.07. The molecule has 1 unspecified atom stereocenters. The van der Waals surface area contributed by atoms with Gasteiger partial charge in [-0.15, -0.1) is 0 Å². The molecule has 1 heterocycles. The van der Waals surface area contributed by atoms with Gasteiger partial charge in [-0.05, 0) is 37.9 Å². The van der Waals surface area contributed by atoms with E-state index in [2.05, 4.69) is 31.1 Å². The van der Waals surface area contributed by atoms with Crippen LogP contribution in [0.4, 0.5) is 0 Å². The van der Waals surface area contributed by atoms with Crippen LogP contribution < -0.4 is 10.1 Å². The summed E-state index contributed by atoms with van der Waals surface area (Å²) in [5.74, 6) is 1.37. The number of hydrogen-bond donors (Lipinski definition) is 1. The maximum atomic E-state index is 5.77. The fraction of sp³-hybridized carbons (Fsp3) is 0.615. The first-order chi connectivity index (χ1) is 7.61. The van der Waals surface area contributed by atoms with Crippen molar-refractivity contribution in [2.24, 2.45) is 5.92 Å². The van der Waals surface area contributed by atoms with Crippen LogP contribution in [0.1, 0.15) is 32.8 Å². The fourth-order valence-corrected chi connectivity index (χ4v) is 1.75. The molecule has 0 saturated heterocycles. The zero-order valence-electron chi connectivity index (χ0n) is 10.7. The Hall–Kier alpha value is -1.09. The van der Waals surface area contributed by atoms with Crippen molar-refractivity contribution in [3.63, 3.8) is 0 Å². The van der Waals surface area contributed by atoms with E-state index in [1.807, 2.05) is 19.2 Å². The minimum absolute atomic E-state index is 0.220. The smallest absolute Gasteiger partial charge is 0.213 e. The standard InChI is InChI=1S/C13H22N2O/c1-10(2)7-11(3)16-13-8-12(9-14-4)5-6-15-13/h5-6,8,10-11,14H,7,9H2,1-4H3. The average Bonchev–Trinajstić information content (AvgIpc) is 2.17. The van der Waals surface area contributed by atoms with Crippen molar-refractivity contribution in [1.29, 1.82) is 0 Å². The van der Waals surface area contributed by atoms with Crippen LogP contribution in [0.5, 0.6) is 5.88 Å². The van der Waals surface area contributed by atoms with Crippen LogP contribution in [0, 0.1) is 5.92 Å². The molecule has 0 aliphatic rings. The molecule has 0 radical (unpaired) electrons. The summed E-state index contributed by atoms with van der Waals surface area (Å²) >= 11 is 0. The van der Waals surface area contributed by atoms with E-state index in [1.54, 1.807) is 6.20 Å². The van der Waals surface area contributed by atoms with E-state index in [4.69, 9.17) is 4.74 Å². The SMILES string of the molecule is CNCc1ccnc(OC(C)CC(C)C)c1. The van der Waals surface area contributed by atoms with Crippen molar-refractivity contribution in [3.8, 4) is 5.88 Å². The lowest BCUT2D eigenvalue weighted by molar-refractivity contribution is 0.185. The van der Waals surface area contributed by atoms with Crippen LogP contribution in [0.15, 0.2) is 18.3 Å². The predicted octanol–water partition coefficient (Wildman–Crippen LogP) is 2.61. The molecule has 0 spiro atoms. The molecule has 1 N–H and O–H groups in total. The van der Waals surface area contributed by atoms with E-state index in [1.165, 1.54) is 5.56 Å². The second-order valence-electron chi connectivity index (χ2n) is 4.59. The van der Waals surface area contributed by atoms with Crippen LogP contribution in [-0.2, 0) is 6.54 Å². The molecule has 1 aromatic rings. The number of aromatic nitrogens is 1. The summed E-state index contributed by atoms with van der Waals surface area (Å²) in [6.07, 6.45) is 3.07. The molecule has 0 fully saturated rings. The van der Waals surface area contributed by atoms with Crippen LogP contribution in [0.3, 0.4) is 0 Å². The summed E-state index contributed by atoms with van der Waals surface area (Å²) in [7, 11) is 1.93. The summed E-state index contributed by atoms with van der Waals surface area (Å²) in [4.78, 5) is 4.22. The maximum Gasteiger partial charge on any atom is 0.213 e. The second-order valence-corrected chi connectivity index (χ2v) is 4.59. The Morgan fingerprint density at radius 2 is 2.12 bits per heavy atom. The number of hydrogen-bond acceptors (Lipinski definition) is 3. The fourth-order valence-electron chi connectivity index (χ4n) is 1.75. The molecule has 3 nitrogen and oxygen atoms in total. The van der Waals surface area contributed by atoms with Gasteiger partial charge in [-0.3, -0.25) is 0 Å². The van der Waals surface area contributed by atoms with Gasteiger partial charge in [0, 0.05) is 18.8 Å². The first-order valence-electron chi connectivity index (χ1n) is 5.88. The van der Waals surface area contributed by atoms with Gasteiger partial charge in [0.2, 0.25) is 5.88 Å². The highest BCUT2D eigenvalue weighted by atomic mass is 16.5. The summed E-state index contributed by atoms with van der Waals surface area (Å²) in [6.45, 7) is 7.33. The Morgan fingerprint density at radius 3 is 2.75 bits per heavy atom. The zero-order chi connectivity index (χ0) is 12.0. The molecule has 1 atom stereocenters. The maximum absolute atomic E-state index is 5.77. The minimum Gasteiger partial charge on any atom is -0.475 e. The monoisotopic (exact) mass is 222 g/mol. The third-order valence-corrected chi connectivity index (χ3v) is 2.31. The molecular formula is C13H22N2O. The van der Waals surface area contributed by atoms with E-state index in [0.717, 1.165) is 18.8 Å². The predicted molar refractivity (Wildman–Crippen MR) is 66.5 cm³/mol. The Labute approximate surface area is 98.2 Å². The number of ether oxygens (including phenoxy) is 1.